The molecule has 1 saturated heterocycles. The van der Waals surface area contributed by atoms with Crippen molar-refractivity contribution in [1.29, 1.82) is 0 Å². The highest BCUT2D eigenvalue weighted by atomic mass is 35.5. The van der Waals surface area contributed by atoms with E-state index in [1.165, 1.54) is 24.3 Å². The van der Waals surface area contributed by atoms with Gasteiger partial charge in [0.15, 0.2) is 9.84 Å². The Morgan fingerprint density at radius 2 is 1.93 bits per heavy atom. The number of nitrogens with two attached hydrogens (primary N) is 1. The molecule has 1 aromatic rings. The van der Waals surface area contributed by atoms with E-state index in [0.717, 1.165) is 0 Å². The van der Waals surface area contributed by atoms with Gasteiger partial charge in [0.05, 0.1) is 10.6 Å². The van der Waals surface area contributed by atoms with Crippen molar-refractivity contribution in [1.82, 2.24) is 10.2 Å². The summed E-state index contributed by atoms with van der Waals surface area (Å²) in [5.41, 5.74) is 6.09. The van der Waals surface area contributed by atoms with Crippen molar-refractivity contribution in [3.63, 3.8) is 0 Å². The molecule has 1 aliphatic carbocycles. The molecule has 1 aliphatic heterocycles. The van der Waals surface area contributed by atoms with Gasteiger partial charge in [-0.25, -0.2) is 13.2 Å². The minimum atomic E-state index is -3.57. The number of hydrogen-bond acceptors (Lipinski definition) is 5. The molecule has 3 rings (SSSR count). The molecule has 2 fully saturated rings. The van der Waals surface area contributed by atoms with Crippen LogP contribution in [0.4, 0.5) is 4.79 Å². The molecule has 1 saturated carbocycles. The Morgan fingerprint density at radius 1 is 1.25 bits per heavy atom. The number of carbonyl (C=O) groups excluding carboxylic acids is 1. The summed E-state index contributed by atoms with van der Waals surface area (Å²) < 4.78 is 25.8. The first-order chi connectivity index (χ1) is 13.2. The smallest absolute Gasteiger partial charge is 0.405 e. The number of halogens is 1. The van der Waals surface area contributed by atoms with Gasteiger partial charge in [-0.15, -0.1) is 0 Å². The molecule has 8 nitrogen and oxygen atoms in total. The second kappa shape index (κ2) is 8.26. The van der Waals surface area contributed by atoms with E-state index in [1.54, 1.807) is 4.90 Å². The van der Waals surface area contributed by atoms with Gasteiger partial charge in [-0.1, -0.05) is 11.6 Å². The van der Waals surface area contributed by atoms with Gasteiger partial charge in [-0.3, -0.25) is 4.79 Å². The predicted molar refractivity (Wildman–Crippen MR) is 104 cm³/mol. The largest absolute Gasteiger partial charge is 0.465 e. The Morgan fingerprint density at radius 3 is 2.57 bits per heavy atom. The summed E-state index contributed by atoms with van der Waals surface area (Å²) in [6, 6.07) is 4.85. The highest BCUT2D eigenvalue weighted by Crippen LogP contribution is 2.33. The summed E-state index contributed by atoms with van der Waals surface area (Å²) in [7, 11) is -3.57. The highest BCUT2D eigenvalue weighted by Gasteiger charge is 2.43. The lowest BCUT2D eigenvalue weighted by molar-refractivity contribution is -0.132. The van der Waals surface area contributed by atoms with Crippen LogP contribution in [-0.4, -0.2) is 60.8 Å². The minimum Gasteiger partial charge on any atom is -0.465 e. The average molecular weight is 430 g/mol. The van der Waals surface area contributed by atoms with Gasteiger partial charge >= 0.3 is 6.09 Å². The molecule has 4 atom stereocenters. The van der Waals surface area contributed by atoms with Crippen LogP contribution in [0, 0.1) is 5.92 Å². The van der Waals surface area contributed by atoms with E-state index in [9.17, 15) is 18.0 Å². The van der Waals surface area contributed by atoms with E-state index in [4.69, 9.17) is 22.4 Å². The van der Waals surface area contributed by atoms with Crippen LogP contribution in [0.3, 0.4) is 0 Å². The molecule has 1 aromatic carbocycles. The lowest BCUT2D eigenvalue weighted by atomic mass is 9.82. The number of benzene rings is 1. The van der Waals surface area contributed by atoms with Gasteiger partial charge in [0.1, 0.15) is 6.04 Å². The maximum Gasteiger partial charge on any atom is 0.405 e. The molecule has 154 valence electrons. The Labute approximate surface area is 168 Å². The number of carbonyl (C=O) groups is 2. The van der Waals surface area contributed by atoms with Gasteiger partial charge in [0, 0.05) is 23.7 Å². The number of hydrogen-bond donors (Lipinski definition) is 3. The molecule has 10 heteroatoms. The molecule has 4 N–H and O–H groups in total. The number of sulfone groups is 1. The van der Waals surface area contributed by atoms with Crippen LogP contribution < -0.4 is 11.1 Å². The van der Waals surface area contributed by atoms with E-state index >= 15 is 0 Å². The number of amides is 2. The van der Waals surface area contributed by atoms with Gasteiger partial charge in [0.2, 0.25) is 5.91 Å². The molecule has 0 bridgehead atoms. The molecular formula is C18H24ClN3O5S. The Kier molecular flexibility index (Phi) is 6.16. The Bertz CT molecular complexity index is 845. The standard InChI is InChI=1S/C18H24ClN3O5S/c19-12-1-4-14(5-2-12)28(26,27)10-11-9-13(20)3-6-16(11)22-8-7-15(17(22)23)21-18(24)25/h1-2,4-5,11,13,15-16,21H,3,6-10,20H2,(H,24,25)/t11-,13+,15-,16-/m0/s1. The van der Waals surface area contributed by atoms with Crippen molar-refractivity contribution >= 4 is 33.4 Å². The zero-order valence-electron chi connectivity index (χ0n) is 15.3. The van der Waals surface area contributed by atoms with E-state index in [2.05, 4.69) is 5.32 Å². The third kappa shape index (κ3) is 4.59. The van der Waals surface area contributed by atoms with Crippen molar-refractivity contribution in [3.8, 4) is 0 Å². The first kappa shape index (κ1) is 20.9. The molecule has 1 heterocycles. The fourth-order valence-electron chi connectivity index (χ4n) is 4.21. The number of rotatable bonds is 5. The zero-order chi connectivity index (χ0) is 20.5. The van der Waals surface area contributed by atoms with Crippen molar-refractivity contribution < 1.29 is 23.1 Å². The van der Waals surface area contributed by atoms with Gasteiger partial charge in [0.25, 0.3) is 0 Å². The molecule has 28 heavy (non-hydrogen) atoms. The monoisotopic (exact) mass is 429 g/mol. The predicted octanol–water partition coefficient (Wildman–Crippen LogP) is 1.48. The van der Waals surface area contributed by atoms with Gasteiger partial charge in [-0.05, 0) is 55.9 Å². The third-order valence-electron chi connectivity index (χ3n) is 5.53. The van der Waals surface area contributed by atoms with Crippen LogP contribution in [0.25, 0.3) is 0 Å². The van der Waals surface area contributed by atoms with E-state index in [-0.39, 0.29) is 34.6 Å². The summed E-state index contributed by atoms with van der Waals surface area (Å²) in [6.07, 6.45) is 0.937. The second-order valence-electron chi connectivity index (χ2n) is 7.46. The summed E-state index contributed by atoms with van der Waals surface area (Å²) in [5.74, 6) is -0.720. The molecule has 0 unspecified atom stereocenters. The molecule has 0 spiro atoms. The van der Waals surface area contributed by atoms with Crippen molar-refractivity contribution in [3.05, 3.63) is 29.3 Å². The number of nitrogens with zero attached hydrogens (tertiary/aromatic N) is 1. The number of nitrogens with one attached hydrogen (secondary N) is 1. The summed E-state index contributed by atoms with van der Waals surface area (Å²) in [6.45, 7) is 0.404. The van der Waals surface area contributed by atoms with Crippen LogP contribution in [0.15, 0.2) is 29.2 Å². The topological polar surface area (TPSA) is 130 Å². The van der Waals surface area contributed by atoms with Crippen LogP contribution >= 0.6 is 11.6 Å². The normalized spacial score (nSPS) is 28.4. The summed E-state index contributed by atoms with van der Waals surface area (Å²) in [5, 5.41) is 11.6. The molecule has 0 radical (unpaired) electrons. The first-order valence-corrected chi connectivity index (χ1v) is 11.2. The van der Waals surface area contributed by atoms with E-state index in [1.807, 2.05) is 0 Å². The zero-order valence-corrected chi connectivity index (χ0v) is 16.8. The summed E-state index contributed by atoms with van der Waals surface area (Å²) in [4.78, 5) is 25.3. The van der Waals surface area contributed by atoms with Crippen molar-refractivity contribution in [2.24, 2.45) is 11.7 Å². The van der Waals surface area contributed by atoms with Crippen LogP contribution in [0.1, 0.15) is 25.7 Å². The van der Waals surface area contributed by atoms with E-state index < -0.39 is 22.0 Å². The molecule has 2 aliphatic rings. The number of likely N-dealkylation sites (tertiary alicyclic amines) is 1. The lowest BCUT2D eigenvalue weighted by Gasteiger charge is -2.40. The van der Waals surface area contributed by atoms with Crippen LogP contribution in [0.2, 0.25) is 5.02 Å². The van der Waals surface area contributed by atoms with Gasteiger partial charge < -0.3 is 21.1 Å². The maximum atomic E-state index is 12.9. The fraction of sp³-hybridized carbons (Fsp3) is 0.556. The molecule has 2 amide bonds. The maximum absolute atomic E-state index is 12.9. The average Bonchev–Trinajstić information content (AvgIpc) is 2.95. The summed E-state index contributed by atoms with van der Waals surface area (Å²) >= 11 is 5.84. The van der Waals surface area contributed by atoms with Crippen molar-refractivity contribution in [2.45, 2.75) is 48.7 Å². The van der Waals surface area contributed by atoms with Gasteiger partial charge in [-0.2, -0.15) is 0 Å². The Hall–Kier alpha value is -1.84. The third-order valence-corrected chi connectivity index (χ3v) is 7.64. The quantitative estimate of drug-likeness (QED) is 0.649. The van der Waals surface area contributed by atoms with Crippen LogP contribution in [0.5, 0.6) is 0 Å². The number of carboxylic acid groups (broad SMARTS) is 1. The lowest BCUT2D eigenvalue weighted by Crippen LogP contribution is -2.51. The Balaban J connectivity index is 1.78. The highest BCUT2D eigenvalue weighted by molar-refractivity contribution is 7.91. The molecule has 0 aromatic heterocycles. The minimum absolute atomic E-state index is 0.117. The first-order valence-electron chi connectivity index (χ1n) is 9.21. The fourth-order valence-corrected chi connectivity index (χ4v) is 6.00. The van der Waals surface area contributed by atoms with Crippen molar-refractivity contribution in [2.75, 3.05) is 12.3 Å². The van der Waals surface area contributed by atoms with Crippen LogP contribution in [-0.2, 0) is 14.6 Å². The second-order valence-corrected chi connectivity index (χ2v) is 9.93. The van der Waals surface area contributed by atoms with E-state index in [0.29, 0.717) is 37.3 Å². The molecular weight excluding hydrogens is 406 g/mol. The SMILES string of the molecule is N[C@@H]1CC[C@H](N2CC[C@H](NC(=O)O)C2=O)[C@H](CS(=O)(=O)c2ccc(Cl)cc2)C1.